The molecule has 322 valence electrons. The summed E-state index contributed by atoms with van der Waals surface area (Å²) >= 11 is 0. The van der Waals surface area contributed by atoms with E-state index in [1.165, 1.54) is 12.8 Å². The van der Waals surface area contributed by atoms with Crippen LogP contribution in [0.4, 0.5) is 5.69 Å². The molecule has 7 rings (SSSR count). The molecular weight excluding hydrogens is 773 g/mol. The van der Waals surface area contributed by atoms with Gasteiger partial charge in [0.2, 0.25) is 11.8 Å². The van der Waals surface area contributed by atoms with E-state index in [0.29, 0.717) is 36.3 Å². The number of hydrogen-bond acceptors (Lipinski definition) is 10. The van der Waals surface area contributed by atoms with Gasteiger partial charge in [0.05, 0.1) is 18.0 Å². The van der Waals surface area contributed by atoms with Crippen LogP contribution in [0.3, 0.4) is 0 Å². The topological polar surface area (TPSA) is 131 Å². The van der Waals surface area contributed by atoms with E-state index < -0.39 is 18.1 Å². The van der Waals surface area contributed by atoms with Crippen LogP contribution in [-0.2, 0) is 42.3 Å². The van der Waals surface area contributed by atoms with Crippen LogP contribution in [0.2, 0.25) is 0 Å². The van der Waals surface area contributed by atoms with Crippen molar-refractivity contribution in [2.45, 2.75) is 71.7 Å². The molecule has 0 unspecified atom stereocenters. The van der Waals surface area contributed by atoms with Crippen LogP contribution >= 0.6 is 0 Å². The molecule has 13 heteroatoms. The highest BCUT2D eigenvalue weighted by Gasteiger charge is 2.18. The van der Waals surface area contributed by atoms with Gasteiger partial charge in [-0.15, -0.1) is 0 Å². The lowest BCUT2D eigenvalue weighted by Gasteiger charge is -2.19. The second-order valence-corrected chi connectivity index (χ2v) is 14.6. The van der Waals surface area contributed by atoms with E-state index in [1.54, 1.807) is 39.2 Å². The fourth-order valence-electron chi connectivity index (χ4n) is 6.39. The maximum Gasteiger partial charge on any atom is 0.218 e. The molecule has 13 nitrogen and oxygen atoms in total. The van der Waals surface area contributed by atoms with Gasteiger partial charge in [0.1, 0.15) is 11.5 Å². The minimum Gasteiger partial charge on any atom is -0.439 e. The molecule has 4 aromatic carbocycles. The van der Waals surface area contributed by atoms with Crippen molar-refractivity contribution in [1.29, 1.82) is 0 Å². The van der Waals surface area contributed by atoms with Crippen molar-refractivity contribution in [3.05, 3.63) is 137 Å². The van der Waals surface area contributed by atoms with Gasteiger partial charge in [0.25, 0.3) is 0 Å². The summed E-state index contributed by atoms with van der Waals surface area (Å²) in [6, 6.07) is 34.6. The maximum absolute atomic E-state index is 7.17. The normalized spacial score (nSPS) is 12.4. The molecule has 0 saturated carbocycles. The van der Waals surface area contributed by atoms with Crippen LogP contribution in [0.25, 0.3) is 27.4 Å². The molecule has 0 aliphatic carbocycles. The zero-order valence-electron chi connectivity index (χ0n) is 36.5. The quantitative estimate of drug-likeness (QED) is 0.0788. The van der Waals surface area contributed by atoms with Crippen molar-refractivity contribution in [2.24, 2.45) is 5.73 Å². The fraction of sp³-hybridized carbons (Fsp3) is 0.354. The molecule has 1 aliphatic heterocycles. The van der Waals surface area contributed by atoms with E-state index in [-0.39, 0.29) is 0 Å². The summed E-state index contributed by atoms with van der Waals surface area (Å²) in [6.45, 7) is 18.6. The van der Waals surface area contributed by atoms with E-state index in [1.807, 2.05) is 129 Å². The van der Waals surface area contributed by atoms with Crippen LogP contribution in [0, 0.1) is 6.57 Å². The summed E-state index contributed by atoms with van der Waals surface area (Å²) in [6.07, 6.45) is 1.76. The Morgan fingerprint density at radius 2 is 1.10 bits per heavy atom. The van der Waals surface area contributed by atoms with Gasteiger partial charge in [0, 0.05) is 89.1 Å². The number of aryl methyl sites for hydroxylation is 2. The first kappa shape index (κ1) is 46.2. The predicted molar refractivity (Wildman–Crippen MR) is 237 cm³/mol. The third kappa shape index (κ3) is 12.8. The third-order valence-electron chi connectivity index (χ3n) is 9.69. The number of rotatable bonds is 15. The number of nitrogens with two attached hydrogens (primary N) is 1. The Morgan fingerprint density at radius 1 is 0.656 bits per heavy atom. The lowest BCUT2D eigenvalue weighted by atomic mass is 9.93. The van der Waals surface area contributed by atoms with Gasteiger partial charge in [-0.2, -0.15) is 10.2 Å². The maximum atomic E-state index is 7.17. The zero-order chi connectivity index (χ0) is 43.8. The number of ether oxygens (including phenoxy) is 7. The van der Waals surface area contributed by atoms with Crippen molar-refractivity contribution in [3.8, 4) is 45.8 Å². The van der Waals surface area contributed by atoms with Crippen LogP contribution in [-0.4, -0.2) is 61.2 Å². The minimum atomic E-state index is -0.410. The molecule has 6 aromatic rings. The van der Waals surface area contributed by atoms with Crippen molar-refractivity contribution in [2.75, 3.05) is 41.7 Å². The summed E-state index contributed by atoms with van der Waals surface area (Å²) in [7, 11) is 6.42. The molecule has 0 atom stereocenters. The van der Waals surface area contributed by atoms with Gasteiger partial charge in [0.15, 0.2) is 18.3 Å². The Morgan fingerprint density at radius 3 is 1.48 bits per heavy atom. The summed E-state index contributed by atoms with van der Waals surface area (Å²) in [5, 5.41) is 9.29. The smallest absolute Gasteiger partial charge is 0.218 e. The monoisotopic (exact) mass is 830 g/mol. The molecule has 0 spiro atoms. The lowest BCUT2D eigenvalue weighted by molar-refractivity contribution is -0.106. The minimum absolute atomic E-state index is 0.393. The molecular formula is C48H58N6O7. The second-order valence-electron chi connectivity index (χ2n) is 14.6. The molecule has 0 amide bonds. The SMILES string of the molecule is C1CCOC1.CCn1nc(-c2cccc(C(C)(C)N)c2)cc1Oc1ccc(C(OC)OC)cc1.[C-]#[N+]c1cccc(-c2cc(Oc3ccc(C(OC)OC)cc3)n(CC)n2)c1. The van der Waals surface area contributed by atoms with Gasteiger partial charge in [-0.05, 0) is 88.1 Å². The number of benzene rings is 4. The summed E-state index contributed by atoms with van der Waals surface area (Å²) < 4.78 is 41.8. The van der Waals surface area contributed by atoms with Crippen LogP contribution in [0.1, 0.15) is 69.8 Å². The average Bonchev–Trinajstić information content (AvgIpc) is 4.09. The van der Waals surface area contributed by atoms with Crippen molar-refractivity contribution < 1.29 is 33.2 Å². The largest absolute Gasteiger partial charge is 0.439 e. The highest BCUT2D eigenvalue weighted by Crippen LogP contribution is 2.32. The van der Waals surface area contributed by atoms with E-state index in [9.17, 15) is 0 Å². The van der Waals surface area contributed by atoms with E-state index >= 15 is 0 Å². The van der Waals surface area contributed by atoms with Gasteiger partial charge in [-0.25, -0.2) is 14.2 Å². The molecule has 2 N–H and O–H groups in total. The van der Waals surface area contributed by atoms with Crippen molar-refractivity contribution in [1.82, 2.24) is 19.6 Å². The number of methoxy groups -OCH3 is 4. The first-order valence-corrected chi connectivity index (χ1v) is 20.3. The third-order valence-corrected chi connectivity index (χ3v) is 9.69. The summed E-state index contributed by atoms with van der Waals surface area (Å²) in [5.74, 6) is 2.74. The van der Waals surface area contributed by atoms with Crippen LogP contribution in [0.5, 0.6) is 23.3 Å². The second kappa shape index (κ2) is 22.7. The van der Waals surface area contributed by atoms with Gasteiger partial charge in [-0.1, -0.05) is 60.7 Å². The molecule has 61 heavy (non-hydrogen) atoms. The fourth-order valence-corrected chi connectivity index (χ4v) is 6.39. The Bertz CT molecular complexity index is 2270. The Kier molecular flexibility index (Phi) is 17.2. The Balaban J connectivity index is 0.000000207. The molecule has 1 fully saturated rings. The standard InChI is InChI=1S/C23H29N3O3.C21H21N3O3.C4H8O/c1-6-26-21(29-19-12-10-16(11-13-19)22(27-4)28-5)15-20(25-26)17-8-7-9-18(14-17)23(2,3)24;1-5-24-20(14-19(23-24)16-7-6-8-17(13-16)22-2)27-18-11-9-15(10-12-18)21(25-3)26-4;1-2-4-5-3-1/h7-15,22H,6,24H2,1-5H3;6-14,21H,5H2,1,3-4H3;1-4H2. The Hall–Kier alpha value is -5.85. The van der Waals surface area contributed by atoms with Crippen molar-refractivity contribution >= 4 is 5.69 Å². The van der Waals surface area contributed by atoms with Gasteiger partial charge < -0.3 is 38.9 Å². The summed E-state index contributed by atoms with van der Waals surface area (Å²) in [4.78, 5) is 3.47. The van der Waals surface area contributed by atoms with Crippen LogP contribution in [0.15, 0.2) is 109 Å². The zero-order valence-corrected chi connectivity index (χ0v) is 36.5. The molecule has 2 aromatic heterocycles. The van der Waals surface area contributed by atoms with E-state index in [2.05, 4.69) is 16.0 Å². The summed E-state index contributed by atoms with van der Waals surface area (Å²) in [5.41, 5.74) is 12.8. The molecule has 0 radical (unpaired) electrons. The highest BCUT2D eigenvalue weighted by molar-refractivity contribution is 5.66. The Labute approximate surface area is 359 Å². The van der Waals surface area contributed by atoms with E-state index in [4.69, 9.17) is 50.6 Å². The first-order valence-electron chi connectivity index (χ1n) is 20.3. The number of hydrogen-bond donors (Lipinski definition) is 1. The van der Waals surface area contributed by atoms with Crippen LogP contribution < -0.4 is 15.2 Å². The average molecular weight is 831 g/mol. The number of nitrogens with zero attached hydrogens (tertiary/aromatic N) is 5. The first-order chi connectivity index (χ1) is 29.5. The molecule has 1 saturated heterocycles. The van der Waals surface area contributed by atoms with Gasteiger partial charge >= 0.3 is 0 Å². The van der Waals surface area contributed by atoms with Gasteiger partial charge in [-0.3, -0.25) is 0 Å². The number of aromatic nitrogens is 4. The molecule has 3 heterocycles. The van der Waals surface area contributed by atoms with Crippen molar-refractivity contribution in [3.63, 3.8) is 0 Å². The predicted octanol–water partition coefficient (Wildman–Crippen LogP) is 10.8. The highest BCUT2D eigenvalue weighted by atomic mass is 16.7. The lowest BCUT2D eigenvalue weighted by Crippen LogP contribution is -2.28. The van der Waals surface area contributed by atoms with E-state index in [0.717, 1.165) is 58.2 Å². The molecule has 0 bridgehead atoms. The molecule has 1 aliphatic rings.